The van der Waals surface area contributed by atoms with Gasteiger partial charge in [-0.1, -0.05) is 30.3 Å². The molecule has 8 nitrogen and oxygen atoms in total. The first-order valence-corrected chi connectivity index (χ1v) is 11.0. The van der Waals surface area contributed by atoms with E-state index in [-0.39, 0.29) is 24.1 Å². The second-order valence-corrected chi connectivity index (χ2v) is 8.44. The number of benzene rings is 1. The maximum Gasteiger partial charge on any atom is 0.253 e. The predicted molar refractivity (Wildman–Crippen MR) is 129 cm³/mol. The quantitative estimate of drug-likeness (QED) is 0.401. The summed E-state index contributed by atoms with van der Waals surface area (Å²) in [5.74, 6) is 0.302. The van der Waals surface area contributed by atoms with Crippen LogP contribution >= 0.6 is 0 Å². The number of aryl methyl sites for hydroxylation is 2. The number of hydrogen-bond donors (Lipinski definition) is 3. The normalized spacial score (nSPS) is 11.2. The number of amides is 1. The molecule has 0 saturated carbocycles. The molecule has 0 aliphatic carbocycles. The third-order valence-electron chi connectivity index (χ3n) is 5.54. The zero-order valence-electron chi connectivity index (χ0n) is 19.3. The van der Waals surface area contributed by atoms with Crippen molar-refractivity contribution in [2.24, 2.45) is 0 Å². The summed E-state index contributed by atoms with van der Waals surface area (Å²) in [6.07, 6.45) is 1.67. The van der Waals surface area contributed by atoms with Crippen LogP contribution in [0.2, 0.25) is 0 Å². The summed E-state index contributed by atoms with van der Waals surface area (Å²) in [5, 5.41) is 11.3. The lowest BCUT2D eigenvalue weighted by Crippen LogP contribution is -2.28. The molecule has 0 atom stereocenters. The topological polar surface area (TPSA) is 105 Å². The molecule has 0 aliphatic heterocycles. The maximum absolute atomic E-state index is 13.2. The molecule has 0 unspecified atom stereocenters. The van der Waals surface area contributed by atoms with Crippen molar-refractivity contribution in [3.8, 4) is 0 Å². The van der Waals surface area contributed by atoms with Gasteiger partial charge < -0.3 is 15.6 Å². The van der Waals surface area contributed by atoms with Crippen molar-refractivity contribution in [3.63, 3.8) is 0 Å². The highest BCUT2D eigenvalue weighted by molar-refractivity contribution is 6.06. The molecule has 1 aromatic carbocycles. The number of nitrogens with zero attached hydrogens (tertiary/aromatic N) is 3. The first-order chi connectivity index (χ1) is 15.8. The van der Waals surface area contributed by atoms with E-state index in [1.54, 1.807) is 16.9 Å². The molecule has 33 heavy (non-hydrogen) atoms. The third-order valence-corrected chi connectivity index (χ3v) is 5.54. The monoisotopic (exact) mass is 444 g/mol. The second kappa shape index (κ2) is 9.28. The number of carbonyl (C=O) groups is 1. The minimum absolute atomic E-state index is 0.0871. The van der Waals surface area contributed by atoms with E-state index in [1.807, 2.05) is 64.1 Å². The lowest BCUT2D eigenvalue weighted by Gasteiger charge is -2.13. The van der Waals surface area contributed by atoms with E-state index in [0.29, 0.717) is 34.5 Å². The highest BCUT2D eigenvalue weighted by Gasteiger charge is 2.18. The summed E-state index contributed by atoms with van der Waals surface area (Å²) in [4.78, 5) is 33.1. The maximum atomic E-state index is 13.2. The van der Waals surface area contributed by atoms with Gasteiger partial charge in [-0.05, 0) is 51.0 Å². The van der Waals surface area contributed by atoms with E-state index in [1.165, 1.54) is 0 Å². The number of rotatable bonds is 7. The first kappa shape index (κ1) is 22.3. The van der Waals surface area contributed by atoms with Crippen LogP contribution in [0.5, 0.6) is 0 Å². The average molecular weight is 445 g/mol. The van der Waals surface area contributed by atoms with Crippen molar-refractivity contribution < 1.29 is 4.79 Å². The van der Waals surface area contributed by atoms with E-state index in [2.05, 4.69) is 20.7 Å². The fourth-order valence-corrected chi connectivity index (χ4v) is 3.83. The third kappa shape index (κ3) is 4.79. The van der Waals surface area contributed by atoms with Crippen molar-refractivity contribution in [3.05, 3.63) is 87.0 Å². The van der Waals surface area contributed by atoms with Gasteiger partial charge in [0.15, 0.2) is 5.65 Å². The Morgan fingerprint density at radius 2 is 1.88 bits per heavy atom. The van der Waals surface area contributed by atoms with Crippen LogP contribution in [0.15, 0.2) is 53.5 Å². The van der Waals surface area contributed by atoms with Crippen molar-refractivity contribution >= 4 is 22.8 Å². The minimum atomic E-state index is -0.284. The Morgan fingerprint density at radius 3 is 2.58 bits per heavy atom. The average Bonchev–Trinajstić information content (AvgIpc) is 3.21. The van der Waals surface area contributed by atoms with Crippen LogP contribution in [0.3, 0.4) is 0 Å². The molecule has 4 rings (SSSR count). The zero-order chi connectivity index (χ0) is 23.5. The second-order valence-electron chi connectivity index (χ2n) is 8.44. The Hall–Kier alpha value is -3.94. The standard InChI is InChI=1S/C25H28N6O2/c1-15(2)31-23-21(14-28-31)19(11-22(30-23)26-12-18-8-6-5-7-9-18)24(32)27-13-20-16(3)10-17(4)29-25(20)33/h5-11,14-15H,12-13H2,1-4H3,(H,26,30)(H,27,32)(H,29,33). The van der Waals surface area contributed by atoms with Crippen molar-refractivity contribution in [1.82, 2.24) is 25.1 Å². The summed E-state index contributed by atoms with van der Waals surface area (Å²) < 4.78 is 1.80. The molecule has 0 aliphatic rings. The van der Waals surface area contributed by atoms with Gasteiger partial charge in [0, 0.05) is 30.4 Å². The molecule has 4 aromatic rings. The molecule has 0 fully saturated rings. The molecule has 0 saturated heterocycles. The van der Waals surface area contributed by atoms with Crippen LogP contribution in [-0.2, 0) is 13.1 Å². The molecule has 0 radical (unpaired) electrons. The van der Waals surface area contributed by atoms with Gasteiger partial charge in [0.1, 0.15) is 5.82 Å². The number of anilines is 1. The van der Waals surface area contributed by atoms with E-state index in [0.717, 1.165) is 16.8 Å². The molecule has 1 amide bonds. The number of aromatic nitrogens is 4. The van der Waals surface area contributed by atoms with Gasteiger partial charge in [0.25, 0.3) is 11.5 Å². The van der Waals surface area contributed by atoms with E-state index < -0.39 is 0 Å². The Labute approximate surface area is 192 Å². The van der Waals surface area contributed by atoms with Crippen LogP contribution in [-0.4, -0.2) is 25.7 Å². The van der Waals surface area contributed by atoms with Crippen molar-refractivity contribution in [2.75, 3.05) is 5.32 Å². The molecule has 0 spiro atoms. The predicted octanol–water partition coefficient (Wildman–Crippen LogP) is 3.86. The molecule has 0 bridgehead atoms. The van der Waals surface area contributed by atoms with Crippen LogP contribution < -0.4 is 16.2 Å². The molecule has 3 aromatic heterocycles. The van der Waals surface area contributed by atoms with Gasteiger partial charge in [-0.3, -0.25) is 9.59 Å². The van der Waals surface area contributed by atoms with Crippen LogP contribution in [0.4, 0.5) is 5.82 Å². The molecule has 3 heterocycles. The fourth-order valence-electron chi connectivity index (χ4n) is 3.83. The minimum Gasteiger partial charge on any atom is -0.366 e. The molecular formula is C25H28N6O2. The highest BCUT2D eigenvalue weighted by atomic mass is 16.1. The van der Waals surface area contributed by atoms with Gasteiger partial charge in [-0.15, -0.1) is 0 Å². The van der Waals surface area contributed by atoms with Gasteiger partial charge in [0.05, 0.1) is 17.1 Å². The van der Waals surface area contributed by atoms with Gasteiger partial charge in [-0.25, -0.2) is 9.67 Å². The summed E-state index contributed by atoms with van der Waals surface area (Å²) in [6, 6.07) is 13.7. The Bertz CT molecular complexity index is 1350. The molecule has 170 valence electrons. The Morgan fingerprint density at radius 1 is 1.12 bits per heavy atom. The Kier molecular flexibility index (Phi) is 6.26. The molecule has 3 N–H and O–H groups in total. The summed E-state index contributed by atoms with van der Waals surface area (Å²) in [7, 11) is 0. The summed E-state index contributed by atoms with van der Waals surface area (Å²) in [5.41, 5.74) is 4.19. The molecule has 8 heteroatoms. The first-order valence-electron chi connectivity index (χ1n) is 11.0. The number of hydrogen-bond acceptors (Lipinski definition) is 5. The number of nitrogens with one attached hydrogen (secondary N) is 3. The van der Waals surface area contributed by atoms with Gasteiger partial charge in [-0.2, -0.15) is 5.10 Å². The highest BCUT2D eigenvalue weighted by Crippen LogP contribution is 2.23. The van der Waals surface area contributed by atoms with Gasteiger partial charge in [0.2, 0.25) is 0 Å². The number of carbonyl (C=O) groups excluding carboxylic acids is 1. The molecular weight excluding hydrogens is 416 g/mol. The van der Waals surface area contributed by atoms with E-state index >= 15 is 0 Å². The van der Waals surface area contributed by atoms with Crippen LogP contribution in [0.1, 0.15) is 52.6 Å². The van der Waals surface area contributed by atoms with E-state index in [9.17, 15) is 9.59 Å². The van der Waals surface area contributed by atoms with Crippen molar-refractivity contribution in [2.45, 2.75) is 46.8 Å². The fraction of sp³-hybridized carbons (Fsp3) is 0.280. The smallest absolute Gasteiger partial charge is 0.253 e. The number of pyridine rings is 2. The van der Waals surface area contributed by atoms with Gasteiger partial charge >= 0.3 is 0 Å². The lowest BCUT2D eigenvalue weighted by atomic mass is 10.1. The zero-order valence-corrected chi connectivity index (χ0v) is 19.3. The number of H-pyrrole nitrogens is 1. The SMILES string of the molecule is Cc1cc(C)c(CNC(=O)c2cc(NCc3ccccc3)nc3c2cnn3C(C)C)c(=O)[nH]1. The largest absolute Gasteiger partial charge is 0.366 e. The van der Waals surface area contributed by atoms with Crippen LogP contribution in [0.25, 0.3) is 11.0 Å². The number of aromatic amines is 1. The lowest BCUT2D eigenvalue weighted by molar-refractivity contribution is 0.0952. The van der Waals surface area contributed by atoms with Crippen molar-refractivity contribution in [1.29, 1.82) is 0 Å². The Balaban J connectivity index is 1.65. The van der Waals surface area contributed by atoms with E-state index in [4.69, 9.17) is 4.98 Å². The summed E-state index contributed by atoms with van der Waals surface area (Å²) in [6.45, 7) is 8.45. The van der Waals surface area contributed by atoms with Crippen LogP contribution in [0, 0.1) is 13.8 Å². The summed E-state index contributed by atoms with van der Waals surface area (Å²) >= 11 is 0. The number of fused-ring (bicyclic) bond motifs is 1.